The molecule has 6 rings (SSSR count). The standard InChI is InChI=1S/C33H39N5O8/c1-7-8-43-33(41)46-29-16(3)30-31(45-14-44-30)25-19(29)11-21-26-24-18(9-15(2)28(42-6)27(24)39)10-20(37(26)5)22(12-34)38(21)23(25)13-36-32(40)17(4)35/h7,9,17,20-23,26,39H,1,8,10-11,13-14,35H2,2-6H3,(H,36,40)/t17-,20+,21?,22?,23-,26+/m0/s1. The van der Waals surface area contributed by atoms with E-state index in [0.29, 0.717) is 46.8 Å². The molecule has 4 heterocycles. The molecule has 13 heteroatoms. The summed E-state index contributed by atoms with van der Waals surface area (Å²) >= 11 is 0. The Morgan fingerprint density at radius 2 is 1.98 bits per heavy atom. The van der Waals surface area contributed by atoms with Gasteiger partial charge in [-0.25, -0.2) is 4.79 Å². The molecule has 0 aliphatic carbocycles. The molecule has 4 aliphatic rings. The lowest BCUT2D eigenvalue weighted by atomic mass is 9.71. The topological polar surface area (TPSA) is 169 Å². The number of aromatic hydroxyl groups is 1. The van der Waals surface area contributed by atoms with Gasteiger partial charge in [0.05, 0.1) is 31.3 Å². The Bertz CT molecular complexity index is 1650. The van der Waals surface area contributed by atoms with Gasteiger partial charge in [0, 0.05) is 40.9 Å². The predicted molar refractivity (Wildman–Crippen MR) is 165 cm³/mol. The van der Waals surface area contributed by atoms with Crippen LogP contribution in [0.4, 0.5) is 4.79 Å². The van der Waals surface area contributed by atoms with Crippen molar-refractivity contribution in [2.24, 2.45) is 5.73 Å². The minimum Gasteiger partial charge on any atom is -0.504 e. The number of amides is 1. The summed E-state index contributed by atoms with van der Waals surface area (Å²) in [5.41, 5.74) is 10.2. The third kappa shape index (κ3) is 4.79. The molecule has 0 aromatic heterocycles. The molecule has 244 valence electrons. The molecule has 6 atom stereocenters. The molecule has 4 N–H and O–H groups in total. The van der Waals surface area contributed by atoms with Crippen molar-refractivity contribution in [1.82, 2.24) is 15.1 Å². The van der Waals surface area contributed by atoms with Crippen LogP contribution < -0.4 is 30.0 Å². The van der Waals surface area contributed by atoms with E-state index in [9.17, 15) is 20.0 Å². The van der Waals surface area contributed by atoms with E-state index in [1.54, 1.807) is 13.8 Å². The number of nitriles is 1. The van der Waals surface area contributed by atoms with Gasteiger partial charge in [0.25, 0.3) is 0 Å². The van der Waals surface area contributed by atoms with Gasteiger partial charge in [-0.05, 0) is 51.8 Å². The quantitative estimate of drug-likeness (QED) is 0.232. The fourth-order valence-corrected chi connectivity index (χ4v) is 7.77. The van der Waals surface area contributed by atoms with Crippen LogP contribution in [0.3, 0.4) is 0 Å². The molecular formula is C33H39N5O8. The number of hydrogen-bond acceptors (Lipinski definition) is 12. The van der Waals surface area contributed by atoms with Crippen LogP contribution in [-0.4, -0.2) is 85.2 Å². The minimum atomic E-state index is -0.912. The number of hydrogen-bond donors (Lipinski definition) is 3. The van der Waals surface area contributed by atoms with Gasteiger partial charge in [0.2, 0.25) is 12.7 Å². The molecule has 2 unspecified atom stereocenters. The number of piperazine rings is 1. The average molecular weight is 634 g/mol. The first kappa shape index (κ1) is 31.5. The maximum Gasteiger partial charge on any atom is 0.514 e. The second-order valence-corrected chi connectivity index (χ2v) is 12.2. The normalized spacial score (nSPS) is 24.8. The van der Waals surface area contributed by atoms with E-state index >= 15 is 0 Å². The maximum atomic E-state index is 12.9. The molecule has 2 bridgehead atoms. The molecule has 1 fully saturated rings. The Hall–Kier alpha value is -4.51. The first-order valence-corrected chi connectivity index (χ1v) is 15.3. The second-order valence-electron chi connectivity index (χ2n) is 12.2. The van der Waals surface area contributed by atoms with Gasteiger partial charge in [-0.1, -0.05) is 18.7 Å². The number of phenolic OH excluding ortho intramolecular Hbond substituents is 1. The van der Waals surface area contributed by atoms with Gasteiger partial charge in [-0.15, -0.1) is 0 Å². The molecule has 0 spiro atoms. The lowest BCUT2D eigenvalue weighted by Crippen LogP contribution is -2.68. The molecule has 0 radical (unpaired) electrons. The fraction of sp³-hybridized carbons (Fsp3) is 0.485. The number of phenols is 1. The zero-order valence-corrected chi connectivity index (χ0v) is 26.6. The highest BCUT2D eigenvalue weighted by Crippen LogP contribution is 2.58. The van der Waals surface area contributed by atoms with E-state index in [2.05, 4.69) is 27.8 Å². The van der Waals surface area contributed by atoms with Crippen LogP contribution in [0.1, 0.15) is 52.4 Å². The summed E-state index contributed by atoms with van der Waals surface area (Å²) in [6.45, 7) is 8.85. The molecule has 0 saturated carbocycles. The monoisotopic (exact) mass is 633 g/mol. The Balaban J connectivity index is 1.59. The van der Waals surface area contributed by atoms with Crippen molar-refractivity contribution in [3.63, 3.8) is 0 Å². The Kier molecular flexibility index (Phi) is 8.22. The van der Waals surface area contributed by atoms with Crippen LogP contribution in [0.5, 0.6) is 28.7 Å². The summed E-state index contributed by atoms with van der Waals surface area (Å²) in [6.07, 6.45) is 1.36. The predicted octanol–water partition coefficient (Wildman–Crippen LogP) is 2.68. The number of aryl methyl sites for hydroxylation is 1. The summed E-state index contributed by atoms with van der Waals surface area (Å²) in [7, 11) is 3.49. The summed E-state index contributed by atoms with van der Waals surface area (Å²) in [6, 6.07) is 1.55. The van der Waals surface area contributed by atoms with Gasteiger partial charge in [0.15, 0.2) is 23.0 Å². The van der Waals surface area contributed by atoms with Crippen molar-refractivity contribution in [2.75, 3.05) is 34.1 Å². The van der Waals surface area contributed by atoms with Crippen LogP contribution in [-0.2, 0) is 22.4 Å². The number of nitrogens with two attached hydrogens (primary N) is 1. The van der Waals surface area contributed by atoms with Crippen molar-refractivity contribution in [1.29, 1.82) is 5.26 Å². The molecule has 4 aliphatic heterocycles. The Labute approximate surface area is 267 Å². The van der Waals surface area contributed by atoms with Crippen molar-refractivity contribution in [2.45, 2.75) is 69.9 Å². The Morgan fingerprint density at radius 3 is 2.65 bits per heavy atom. The number of likely N-dealkylation sites (N-methyl/N-ethyl adjacent to an activating group) is 1. The third-order valence-corrected chi connectivity index (χ3v) is 9.65. The summed E-state index contributed by atoms with van der Waals surface area (Å²) in [5.74, 6) is 1.24. The van der Waals surface area contributed by atoms with E-state index in [1.165, 1.54) is 13.2 Å². The number of carbonyl (C=O) groups excluding carboxylic acids is 2. The third-order valence-electron chi connectivity index (χ3n) is 9.65. The lowest BCUT2D eigenvalue weighted by molar-refractivity contribution is -0.123. The number of nitrogens with one attached hydrogen (secondary N) is 1. The van der Waals surface area contributed by atoms with Gasteiger partial charge in [-0.2, -0.15) is 5.26 Å². The number of rotatable bonds is 7. The van der Waals surface area contributed by atoms with Crippen LogP contribution in [0.2, 0.25) is 0 Å². The van der Waals surface area contributed by atoms with E-state index < -0.39 is 30.3 Å². The summed E-state index contributed by atoms with van der Waals surface area (Å²) < 4.78 is 28.6. The lowest BCUT2D eigenvalue weighted by Gasteiger charge is -2.60. The molecule has 1 amide bonds. The number of benzene rings is 2. The van der Waals surface area contributed by atoms with E-state index in [-0.39, 0.29) is 49.4 Å². The number of ether oxygens (including phenoxy) is 5. The van der Waals surface area contributed by atoms with Gasteiger partial charge in [-0.3, -0.25) is 14.6 Å². The number of nitrogens with zero attached hydrogens (tertiary/aromatic N) is 3. The van der Waals surface area contributed by atoms with Gasteiger partial charge < -0.3 is 39.8 Å². The van der Waals surface area contributed by atoms with E-state index in [0.717, 1.165) is 16.7 Å². The van der Waals surface area contributed by atoms with E-state index in [4.69, 9.17) is 29.4 Å². The first-order valence-electron chi connectivity index (χ1n) is 15.3. The summed E-state index contributed by atoms with van der Waals surface area (Å²) in [4.78, 5) is 30.0. The maximum absolute atomic E-state index is 12.9. The zero-order valence-electron chi connectivity index (χ0n) is 26.6. The van der Waals surface area contributed by atoms with Crippen LogP contribution in [0.25, 0.3) is 0 Å². The first-order chi connectivity index (χ1) is 22.0. The SMILES string of the molecule is C=CCOC(=O)Oc1c(C)c2c(c3c1CC1[C@@H]4c5c(cc(C)c(OC)c5O)C[C@H](C(C#N)N1[C@H]3CNC(=O)[C@H](C)N)N4C)OCO2. The molecule has 2 aromatic rings. The van der Waals surface area contributed by atoms with Crippen molar-refractivity contribution in [3.05, 3.63) is 52.1 Å². The number of methoxy groups -OCH3 is 1. The van der Waals surface area contributed by atoms with Crippen molar-refractivity contribution in [3.8, 4) is 34.8 Å². The number of fused-ring (bicyclic) bond motifs is 9. The average Bonchev–Trinajstić information content (AvgIpc) is 3.51. The van der Waals surface area contributed by atoms with Crippen LogP contribution in [0.15, 0.2) is 18.7 Å². The van der Waals surface area contributed by atoms with Crippen molar-refractivity contribution < 1.29 is 38.4 Å². The minimum absolute atomic E-state index is 0.0393. The van der Waals surface area contributed by atoms with Crippen molar-refractivity contribution >= 4 is 12.1 Å². The van der Waals surface area contributed by atoms with E-state index in [1.807, 2.05) is 20.0 Å². The second kappa shape index (κ2) is 12.0. The fourth-order valence-electron chi connectivity index (χ4n) is 7.77. The number of carbonyl (C=O) groups is 2. The molecule has 1 saturated heterocycles. The molecular weight excluding hydrogens is 594 g/mol. The highest BCUT2D eigenvalue weighted by atomic mass is 16.7. The highest BCUT2D eigenvalue weighted by Gasteiger charge is 2.57. The smallest absolute Gasteiger partial charge is 0.504 e. The zero-order chi connectivity index (χ0) is 33.0. The molecule has 2 aromatic carbocycles. The van der Waals surface area contributed by atoms with Gasteiger partial charge in [0.1, 0.15) is 18.4 Å². The molecule has 13 nitrogen and oxygen atoms in total. The highest BCUT2D eigenvalue weighted by molar-refractivity contribution is 5.81. The molecule has 46 heavy (non-hydrogen) atoms. The van der Waals surface area contributed by atoms with Crippen LogP contribution in [0, 0.1) is 25.2 Å². The Morgan fingerprint density at radius 1 is 1.24 bits per heavy atom. The van der Waals surface area contributed by atoms with Crippen LogP contribution >= 0.6 is 0 Å². The largest absolute Gasteiger partial charge is 0.514 e. The summed E-state index contributed by atoms with van der Waals surface area (Å²) in [5, 5.41) is 25.4. The van der Waals surface area contributed by atoms with Gasteiger partial charge >= 0.3 is 6.16 Å².